The van der Waals surface area contributed by atoms with E-state index in [2.05, 4.69) is 29.8 Å². The van der Waals surface area contributed by atoms with Crippen LogP contribution < -0.4 is 5.32 Å². The minimum absolute atomic E-state index is 0. The summed E-state index contributed by atoms with van der Waals surface area (Å²) in [4.78, 5) is 14.9. The van der Waals surface area contributed by atoms with Crippen LogP contribution in [0, 0.1) is 13.8 Å². The first-order valence-corrected chi connectivity index (χ1v) is 8.87. The zero-order valence-corrected chi connectivity index (χ0v) is 15.3. The highest BCUT2D eigenvalue weighted by Gasteiger charge is 2.25. The van der Waals surface area contributed by atoms with Gasteiger partial charge in [-0.2, -0.15) is 0 Å². The van der Waals surface area contributed by atoms with Gasteiger partial charge in [-0.3, -0.25) is 4.79 Å². The zero-order chi connectivity index (χ0) is 15.5. The molecule has 0 atom stereocenters. The number of aromatic nitrogens is 1. The molecule has 1 saturated heterocycles. The van der Waals surface area contributed by atoms with Crippen molar-refractivity contribution in [3.05, 3.63) is 23.0 Å². The molecule has 0 spiro atoms. The van der Waals surface area contributed by atoms with Crippen LogP contribution in [0.3, 0.4) is 0 Å². The summed E-state index contributed by atoms with van der Waals surface area (Å²) in [7, 11) is 0. The third kappa shape index (κ3) is 3.92. The van der Waals surface area contributed by atoms with Crippen molar-refractivity contribution in [3.8, 4) is 0 Å². The van der Waals surface area contributed by atoms with E-state index >= 15 is 0 Å². The maximum absolute atomic E-state index is 12.9. The van der Waals surface area contributed by atoms with Crippen molar-refractivity contribution < 1.29 is 4.79 Å². The van der Waals surface area contributed by atoms with E-state index in [1.54, 1.807) is 0 Å². The van der Waals surface area contributed by atoms with Gasteiger partial charge in [0.15, 0.2) is 0 Å². The summed E-state index contributed by atoms with van der Waals surface area (Å²) in [6.45, 7) is 7.91. The van der Waals surface area contributed by atoms with E-state index in [4.69, 9.17) is 0 Å². The minimum atomic E-state index is 0. The summed E-state index contributed by atoms with van der Waals surface area (Å²) in [5.74, 6) is 0.221. The molecule has 0 bridgehead atoms. The third-order valence-corrected chi connectivity index (χ3v) is 5.28. The maximum atomic E-state index is 12.9. The van der Waals surface area contributed by atoms with E-state index in [1.165, 1.54) is 43.5 Å². The number of halogens is 1. The van der Waals surface area contributed by atoms with Crippen molar-refractivity contribution in [2.75, 3.05) is 26.2 Å². The highest BCUT2D eigenvalue weighted by molar-refractivity contribution is 5.95. The summed E-state index contributed by atoms with van der Waals surface area (Å²) in [5.41, 5.74) is 3.34. The molecule has 0 radical (unpaired) electrons. The predicted octanol–water partition coefficient (Wildman–Crippen LogP) is 3.47. The SMILES string of the molecule is Cc1cc(C(=O)N2CCCNCC2)c(C)n1C1CCCCC1.Cl. The monoisotopic (exact) mass is 339 g/mol. The fourth-order valence-electron chi connectivity index (χ4n) is 4.11. The van der Waals surface area contributed by atoms with Crippen LogP contribution in [-0.4, -0.2) is 41.6 Å². The van der Waals surface area contributed by atoms with E-state index in [0.717, 1.165) is 38.2 Å². The topological polar surface area (TPSA) is 37.3 Å². The van der Waals surface area contributed by atoms with Crippen LogP contribution >= 0.6 is 12.4 Å². The van der Waals surface area contributed by atoms with Crippen LogP contribution in [0.25, 0.3) is 0 Å². The Bertz CT molecular complexity index is 527. The Balaban J connectivity index is 0.00000192. The molecule has 2 heterocycles. The summed E-state index contributed by atoms with van der Waals surface area (Å²) >= 11 is 0. The number of carbonyl (C=O) groups is 1. The highest BCUT2D eigenvalue weighted by Crippen LogP contribution is 2.32. The largest absolute Gasteiger partial charge is 0.345 e. The highest BCUT2D eigenvalue weighted by atomic mass is 35.5. The van der Waals surface area contributed by atoms with Crippen LogP contribution in [0.1, 0.15) is 66.3 Å². The average Bonchev–Trinajstić information content (AvgIpc) is 2.73. The molecular formula is C18H30ClN3O. The van der Waals surface area contributed by atoms with Gasteiger partial charge < -0.3 is 14.8 Å². The number of nitrogens with one attached hydrogen (secondary N) is 1. The Labute approximate surface area is 146 Å². The normalized spacial score (nSPS) is 20.0. The molecule has 1 N–H and O–H groups in total. The number of aryl methyl sites for hydroxylation is 1. The lowest BCUT2D eigenvalue weighted by Gasteiger charge is -2.27. The predicted molar refractivity (Wildman–Crippen MR) is 96.7 cm³/mol. The fourth-order valence-corrected chi connectivity index (χ4v) is 4.11. The summed E-state index contributed by atoms with van der Waals surface area (Å²) in [6.07, 6.45) is 7.58. The lowest BCUT2D eigenvalue weighted by atomic mass is 9.95. The van der Waals surface area contributed by atoms with Crippen molar-refractivity contribution in [3.63, 3.8) is 0 Å². The Hall–Kier alpha value is -1.000. The quantitative estimate of drug-likeness (QED) is 0.895. The lowest BCUT2D eigenvalue weighted by Crippen LogP contribution is -2.34. The van der Waals surface area contributed by atoms with Crippen LogP contribution in [0.5, 0.6) is 0 Å². The molecule has 1 aliphatic heterocycles. The molecule has 5 heteroatoms. The number of rotatable bonds is 2. The van der Waals surface area contributed by atoms with E-state index in [0.29, 0.717) is 6.04 Å². The number of hydrogen-bond acceptors (Lipinski definition) is 2. The van der Waals surface area contributed by atoms with Gasteiger partial charge in [0, 0.05) is 37.1 Å². The van der Waals surface area contributed by atoms with Crippen molar-refractivity contribution in [2.45, 2.75) is 58.4 Å². The van der Waals surface area contributed by atoms with Gasteiger partial charge in [-0.1, -0.05) is 19.3 Å². The molecule has 1 aromatic rings. The Morgan fingerprint density at radius 1 is 1.09 bits per heavy atom. The fraction of sp³-hybridized carbons (Fsp3) is 0.722. The summed E-state index contributed by atoms with van der Waals surface area (Å²) in [6, 6.07) is 2.71. The van der Waals surface area contributed by atoms with Gasteiger partial charge in [-0.15, -0.1) is 12.4 Å². The zero-order valence-electron chi connectivity index (χ0n) is 14.4. The van der Waals surface area contributed by atoms with Gasteiger partial charge >= 0.3 is 0 Å². The van der Waals surface area contributed by atoms with E-state index in [-0.39, 0.29) is 18.3 Å². The molecule has 0 aromatic carbocycles. The first-order chi connectivity index (χ1) is 10.7. The van der Waals surface area contributed by atoms with E-state index in [1.807, 2.05) is 4.90 Å². The molecule has 1 aliphatic carbocycles. The minimum Gasteiger partial charge on any atom is -0.345 e. The smallest absolute Gasteiger partial charge is 0.255 e. The Morgan fingerprint density at radius 2 is 1.83 bits per heavy atom. The maximum Gasteiger partial charge on any atom is 0.255 e. The molecular weight excluding hydrogens is 310 g/mol. The molecule has 23 heavy (non-hydrogen) atoms. The molecule has 2 aliphatic rings. The van der Waals surface area contributed by atoms with Gasteiger partial charge in [0.2, 0.25) is 0 Å². The molecule has 1 saturated carbocycles. The number of hydrogen-bond donors (Lipinski definition) is 1. The van der Waals surface area contributed by atoms with Crippen molar-refractivity contribution in [2.24, 2.45) is 0 Å². The molecule has 0 unspecified atom stereocenters. The molecule has 130 valence electrons. The first-order valence-electron chi connectivity index (χ1n) is 8.87. The van der Waals surface area contributed by atoms with Gasteiger partial charge in [0.1, 0.15) is 0 Å². The molecule has 1 aromatic heterocycles. The number of amides is 1. The van der Waals surface area contributed by atoms with E-state index in [9.17, 15) is 4.79 Å². The Kier molecular flexibility index (Phi) is 6.54. The van der Waals surface area contributed by atoms with Gasteiger partial charge in [-0.25, -0.2) is 0 Å². The number of carbonyl (C=O) groups excluding carboxylic acids is 1. The van der Waals surface area contributed by atoms with Crippen LogP contribution in [0.2, 0.25) is 0 Å². The Morgan fingerprint density at radius 3 is 2.57 bits per heavy atom. The molecule has 4 nitrogen and oxygen atoms in total. The molecule has 2 fully saturated rings. The van der Waals surface area contributed by atoms with Gasteiger partial charge in [0.05, 0.1) is 5.56 Å². The summed E-state index contributed by atoms with van der Waals surface area (Å²) in [5, 5.41) is 3.37. The second-order valence-electron chi connectivity index (χ2n) is 6.84. The van der Waals surface area contributed by atoms with Gasteiger partial charge in [-0.05, 0) is 45.7 Å². The van der Waals surface area contributed by atoms with Crippen molar-refractivity contribution in [1.29, 1.82) is 0 Å². The standard InChI is InChI=1S/C18H29N3O.ClH/c1-14-13-17(18(22)20-11-6-9-19-10-12-20)15(2)21(14)16-7-4-3-5-8-16;/h13,16,19H,3-12H2,1-2H3;1H. The lowest BCUT2D eigenvalue weighted by molar-refractivity contribution is 0.0765. The van der Waals surface area contributed by atoms with Crippen LogP contribution in [0.15, 0.2) is 6.07 Å². The second kappa shape index (κ2) is 8.20. The first kappa shape index (κ1) is 18.3. The van der Waals surface area contributed by atoms with Gasteiger partial charge in [0.25, 0.3) is 5.91 Å². The molecule has 1 amide bonds. The van der Waals surface area contributed by atoms with Crippen LogP contribution in [0.4, 0.5) is 0 Å². The summed E-state index contributed by atoms with van der Waals surface area (Å²) < 4.78 is 2.43. The average molecular weight is 340 g/mol. The third-order valence-electron chi connectivity index (χ3n) is 5.28. The van der Waals surface area contributed by atoms with Crippen LogP contribution in [-0.2, 0) is 0 Å². The second-order valence-corrected chi connectivity index (χ2v) is 6.84. The van der Waals surface area contributed by atoms with E-state index < -0.39 is 0 Å². The van der Waals surface area contributed by atoms with Crippen molar-refractivity contribution >= 4 is 18.3 Å². The van der Waals surface area contributed by atoms with Crippen molar-refractivity contribution in [1.82, 2.24) is 14.8 Å². The molecule has 3 rings (SSSR count). The number of nitrogens with zero attached hydrogens (tertiary/aromatic N) is 2.